The summed E-state index contributed by atoms with van der Waals surface area (Å²) in [6.45, 7) is 4.33. The van der Waals surface area contributed by atoms with E-state index in [9.17, 15) is 14.4 Å². The molecule has 0 aliphatic rings. The van der Waals surface area contributed by atoms with Gasteiger partial charge in [-0.25, -0.2) is 0 Å². The standard InChI is InChI=1S/C16H23N3O4/c1-11(2)15(17-3)16(22)18-8-14(21)19-13-6-4-12(5-7-13)9-23-10-20/h4-7,10-11,15,17H,8-9H2,1-3H3,(H,18,22)(H,19,21). The van der Waals surface area contributed by atoms with Crippen molar-refractivity contribution in [1.29, 1.82) is 0 Å². The molecule has 3 N–H and O–H groups in total. The summed E-state index contributed by atoms with van der Waals surface area (Å²) in [5.41, 5.74) is 1.42. The van der Waals surface area contributed by atoms with Crippen LogP contribution in [-0.4, -0.2) is 37.9 Å². The molecule has 0 spiro atoms. The second-order valence-electron chi connectivity index (χ2n) is 5.38. The van der Waals surface area contributed by atoms with Crippen molar-refractivity contribution in [2.75, 3.05) is 18.9 Å². The van der Waals surface area contributed by atoms with Gasteiger partial charge in [0.25, 0.3) is 6.47 Å². The Labute approximate surface area is 135 Å². The molecule has 0 aromatic heterocycles. The molecule has 23 heavy (non-hydrogen) atoms. The van der Waals surface area contributed by atoms with Crippen LogP contribution < -0.4 is 16.0 Å². The predicted molar refractivity (Wildman–Crippen MR) is 86.6 cm³/mol. The van der Waals surface area contributed by atoms with E-state index < -0.39 is 0 Å². The SMILES string of the molecule is CNC(C(=O)NCC(=O)Nc1ccc(COC=O)cc1)C(C)C. The van der Waals surface area contributed by atoms with Crippen molar-refractivity contribution in [3.63, 3.8) is 0 Å². The third-order valence-electron chi connectivity index (χ3n) is 3.24. The van der Waals surface area contributed by atoms with E-state index in [1.807, 2.05) is 13.8 Å². The molecular formula is C16H23N3O4. The lowest BCUT2D eigenvalue weighted by molar-refractivity contribution is -0.129. The Bertz CT molecular complexity index is 529. The van der Waals surface area contributed by atoms with Gasteiger partial charge in [0.1, 0.15) is 6.61 Å². The van der Waals surface area contributed by atoms with Gasteiger partial charge in [0.15, 0.2) is 0 Å². The fraction of sp³-hybridized carbons (Fsp3) is 0.438. The van der Waals surface area contributed by atoms with Crippen LogP contribution in [0.1, 0.15) is 19.4 Å². The molecule has 0 saturated carbocycles. The summed E-state index contributed by atoms with van der Waals surface area (Å²) >= 11 is 0. The van der Waals surface area contributed by atoms with Gasteiger partial charge in [-0.2, -0.15) is 0 Å². The zero-order chi connectivity index (χ0) is 17.2. The minimum Gasteiger partial charge on any atom is -0.463 e. The first-order chi connectivity index (χ1) is 11.0. The van der Waals surface area contributed by atoms with Crippen molar-refractivity contribution >= 4 is 24.0 Å². The van der Waals surface area contributed by atoms with E-state index >= 15 is 0 Å². The van der Waals surface area contributed by atoms with Crippen LogP contribution in [0, 0.1) is 5.92 Å². The normalized spacial score (nSPS) is 11.7. The molecule has 7 heteroatoms. The van der Waals surface area contributed by atoms with Crippen molar-refractivity contribution in [2.45, 2.75) is 26.5 Å². The number of hydrogen-bond acceptors (Lipinski definition) is 5. The van der Waals surface area contributed by atoms with Crippen molar-refractivity contribution in [3.05, 3.63) is 29.8 Å². The highest BCUT2D eigenvalue weighted by Crippen LogP contribution is 2.10. The first kappa shape index (κ1) is 18.6. The third-order valence-corrected chi connectivity index (χ3v) is 3.24. The lowest BCUT2D eigenvalue weighted by Crippen LogP contribution is -2.47. The number of ether oxygens (including phenoxy) is 1. The number of hydrogen-bond donors (Lipinski definition) is 3. The number of amides is 2. The van der Waals surface area contributed by atoms with E-state index in [0.29, 0.717) is 12.2 Å². The highest BCUT2D eigenvalue weighted by Gasteiger charge is 2.20. The van der Waals surface area contributed by atoms with Crippen LogP contribution in [0.25, 0.3) is 0 Å². The maximum absolute atomic E-state index is 11.9. The van der Waals surface area contributed by atoms with E-state index in [4.69, 9.17) is 0 Å². The molecule has 1 aromatic rings. The number of nitrogens with one attached hydrogen (secondary N) is 3. The Morgan fingerprint density at radius 2 is 1.87 bits per heavy atom. The van der Waals surface area contributed by atoms with Gasteiger partial charge in [0, 0.05) is 5.69 Å². The molecule has 126 valence electrons. The molecule has 0 fully saturated rings. The molecule has 1 atom stereocenters. The molecule has 1 unspecified atom stereocenters. The number of likely N-dealkylation sites (N-methyl/N-ethyl adjacent to an activating group) is 1. The smallest absolute Gasteiger partial charge is 0.293 e. The van der Waals surface area contributed by atoms with Crippen molar-refractivity contribution in [1.82, 2.24) is 10.6 Å². The molecular weight excluding hydrogens is 298 g/mol. The van der Waals surface area contributed by atoms with Crippen molar-refractivity contribution in [2.24, 2.45) is 5.92 Å². The fourth-order valence-electron chi connectivity index (χ4n) is 2.06. The summed E-state index contributed by atoms with van der Waals surface area (Å²) in [6, 6.07) is 6.56. The topological polar surface area (TPSA) is 96.5 Å². The molecule has 0 saturated heterocycles. The summed E-state index contributed by atoms with van der Waals surface area (Å²) in [7, 11) is 1.71. The van der Waals surface area contributed by atoms with Crippen LogP contribution in [0.15, 0.2) is 24.3 Å². The van der Waals surface area contributed by atoms with Gasteiger partial charge in [-0.3, -0.25) is 14.4 Å². The number of carbonyl (C=O) groups excluding carboxylic acids is 3. The number of anilines is 1. The van der Waals surface area contributed by atoms with E-state index in [1.165, 1.54) is 0 Å². The second-order valence-corrected chi connectivity index (χ2v) is 5.38. The Morgan fingerprint density at radius 3 is 2.39 bits per heavy atom. The maximum atomic E-state index is 11.9. The van der Waals surface area contributed by atoms with Crippen molar-refractivity contribution < 1.29 is 19.1 Å². The second kappa shape index (κ2) is 9.58. The lowest BCUT2D eigenvalue weighted by Gasteiger charge is -2.19. The Hall–Kier alpha value is -2.41. The summed E-state index contributed by atoms with van der Waals surface area (Å²) < 4.78 is 4.64. The molecule has 0 aliphatic carbocycles. The van der Waals surface area contributed by atoms with Gasteiger partial charge in [0.05, 0.1) is 12.6 Å². The van der Waals surface area contributed by atoms with E-state index in [2.05, 4.69) is 20.7 Å². The molecule has 0 radical (unpaired) electrons. The average Bonchev–Trinajstić information content (AvgIpc) is 2.52. The summed E-state index contributed by atoms with van der Waals surface area (Å²) in [4.78, 5) is 33.9. The maximum Gasteiger partial charge on any atom is 0.293 e. The van der Waals surface area contributed by atoms with Crippen LogP contribution >= 0.6 is 0 Å². The highest BCUT2D eigenvalue weighted by molar-refractivity contribution is 5.95. The van der Waals surface area contributed by atoms with E-state index in [0.717, 1.165) is 5.56 Å². The largest absolute Gasteiger partial charge is 0.463 e. The predicted octanol–water partition coefficient (Wildman–Crippen LogP) is 0.658. The minimum absolute atomic E-state index is 0.0975. The van der Waals surface area contributed by atoms with E-state index in [-0.39, 0.29) is 36.9 Å². The first-order valence-corrected chi connectivity index (χ1v) is 7.37. The minimum atomic E-state index is -0.333. The number of benzene rings is 1. The Balaban J connectivity index is 2.44. The molecule has 0 bridgehead atoms. The average molecular weight is 321 g/mol. The molecule has 1 aromatic carbocycles. The Morgan fingerprint density at radius 1 is 1.22 bits per heavy atom. The van der Waals surface area contributed by atoms with Gasteiger partial charge in [-0.15, -0.1) is 0 Å². The Kier molecular flexibility index (Phi) is 7.76. The highest BCUT2D eigenvalue weighted by atomic mass is 16.5. The first-order valence-electron chi connectivity index (χ1n) is 7.37. The van der Waals surface area contributed by atoms with Crippen LogP contribution in [0.2, 0.25) is 0 Å². The van der Waals surface area contributed by atoms with E-state index in [1.54, 1.807) is 31.3 Å². The quantitative estimate of drug-likeness (QED) is 0.581. The summed E-state index contributed by atoms with van der Waals surface area (Å²) in [6.07, 6.45) is 0. The van der Waals surface area contributed by atoms with Crippen LogP contribution in [0.5, 0.6) is 0 Å². The van der Waals surface area contributed by atoms with Gasteiger partial charge in [-0.05, 0) is 30.7 Å². The lowest BCUT2D eigenvalue weighted by atomic mass is 10.0. The van der Waals surface area contributed by atoms with Gasteiger partial charge >= 0.3 is 0 Å². The fourth-order valence-corrected chi connectivity index (χ4v) is 2.06. The van der Waals surface area contributed by atoms with Crippen LogP contribution in [0.3, 0.4) is 0 Å². The molecule has 2 amide bonds. The van der Waals surface area contributed by atoms with Gasteiger partial charge in [0.2, 0.25) is 11.8 Å². The number of rotatable bonds is 9. The third kappa shape index (κ3) is 6.48. The zero-order valence-electron chi connectivity index (χ0n) is 13.6. The molecule has 7 nitrogen and oxygen atoms in total. The van der Waals surface area contributed by atoms with Gasteiger partial charge < -0.3 is 20.7 Å². The molecule has 0 aliphatic heterocycles. The summed E-state index contributed by atoms with van der Waals surface area (Å²) in [5.74, 6) is -0.392. The van der Waals surface area contributed by atoms with Crippen LogP contribution in [-0.2, 0) is 25.7 Å². The molecule has 0 heterocycles. The zero-order valence-corrected chi connectivity index (χ0v) is 13.6. The number of carbonyl (C=O) groups is 3. The summed E-state index contributed by atoms with van der Waals surface area (Å²) in [5, 5.41) is 8.20. The van der Waals surface area contributed by atoms with Gasteiger partial charge in [-0.1, -0.05) is 26.0 Å². The monoisotopic (exact) mass is 321 g/mol. The molecule has 1 rings (SSSR count). The van der Waals surface area contributed by atoms with Crippen LogP contribution in [0.4, 0.5) is 5.69 Å². The van der Waals surface area contributed by atoms with Crippen molar-refractivity contribution in [3.8, 4) is 0 Å².